The van der Waals surface area contributed by atoms with Gasteiger partial charge in [-0.3, -0.25) is 0 Å². The molecule has 0 aliphatic carbocycles. The molecule has 2 aromatic carbocycles. The molecule has 1 aromatic heterocycles. The number of methoxy groups -OCH3 is 1. The first-order valence-corrected chi connectivity index (χ1v) is 9.15. The van der Waals surface area contributed by atoms with Crippen LogP contribution in [0, 0.1) is 0 Å². The summed E-state index contributed by atoms with van der Waals surface area (Å²) in [5.41, 5.74) is 2.74. The van der Waals surface area contributed by atoms with Gasteiger partial charge in [0, 0.05) is 17.4 Å². The maximum Gasteiger partial charge on any atom is 0.247 e. The summed E-state index contributed by atoms with van der Waals surface area (Å²) in [4.78, 5) is 8.43. The summed E-state index contributed by atoms with van der Waals surface area (Å²) in [7, 11) is -1.93. The number of nitrogens with zero attached hydrogens (tertiary/aromatic N) is 2. The summed E-state index contributed by atoms with van der Waals surface area (Å²) < 4.78 is 29.1. The lowest BCUT2D eigenvalue weighted by atomic mass is 10.1. The Morgan fingerprint density at radius 1 is 0.833 bits per heavy atom. The number of hydrogen-bond acceptors (Lipinski definition) is 5. The minimum absolute atomic E-state index is 0.185. The van der Waals surface area contributed by atoms with Crippen molar-refractivity contribution >= 4 is 9.84 Å². The van der Waals surface area contributed by atoms with E-state index < -0.39 is 9.84 Å². The largest absolute Gasteiger partial charge is 0.497 e. The van der Waals surface area contributed by atoms with Crippen molar-refractivity contribution in [1.29, 1.82) is 0 Å². The highest BCUT2D eigenvalue weighted by molar-refractivity contribution is 7.90. The summed E-state index contributed by atoms with van der Waals surface area (Å²) in [6.07, 6.45) is 1.11. The fourth-order valence-corrected chi connectivity index (χ4v) is 2.79. The van der Waals surface area contributed by atoms with Crippen LogP contribution in [0.1, 0.15) is 0 Å². The number of benzene rings is 2. The number of ether oxygens (including phenoxy) is 1. The SMILES string of the molecule is COc1ccc(-c2cc(-c3ccccc3)nc(S(C)(=O)=O)n2)cc1. The molecule has 3 rings (SSSR count). The van der Waals surface area contributed by atoms with Crippen LogP contribution in [0.4, 0.5) is 0 Å². The maximum absolute atomic E-state index is 12.0. The molecule has 0 fully saturated rings. The van der Waals surface area contributed by atoms with E-state index in [4.69, 9.17) is 4.74 Å². The Balaban J connectivity index is 2.18. The van der Waals surface area contributed by atoms with E-state index >= 15 is 0 Å². The number of aromatic nitrogens is 2. The van der Waals surface area contributed by atoms with Gasteiger partial charge in [-0.1, -0.05) is 30.3 Å². The third-order valence-electron chi connectivity index (χ3n) is 3.49. The van der Waals surface area contributed by atoms with Gasteiger partial charge in [0.25, 0.3) is 0 Å². The Morgan fingerprint density at radius 3 is 1.88 bits per heavy atom. The quantitative estimate of drug-likeness (QED) is 0.682. The van der Waals surface area contributed by atoms with Gasteiger partial charge in [-0.25, -0.2) is 18.4 Å². The summed E-state index contributed by atoms with van der Waals surface area (Å²) in [6.45, 7) is 0. The van der Waals surface area contributed by atoms with E-state index in [-0.39, 0.29) is 5.16 Å². The predicted octanol–water partition coefficient (Wildman–Crippen LogP) is 3.22. The molecule has 122 valence electrons. The van der Waals surface area contributed by atoms with Crippen molar-refractivity contribution in [2.24, 2.45) is 0 Å². The highest BCUT2D eigenvalue weighted by Crippen LogP contribution is 2.26. The average molecular weight is 340 g/mol. The summed E-state index contributed by atoms with van der Waals surface area (Å²) in [6, 6.07) is 18.5. The minimum Gasteiger partial charge on any atom is -0.497 e. The van der Waals surface area contributed by atoms with E-state index in [0.717, 1.165) is 23.1 Å². The molecule has 0 amide bonds. The second kappa shape index (κ2) is 6.41. The Labute approximate surface area is 140 Å². The molecule has 0 N–H and O–H groups in total. The normalized spacial score (nSPS) is 11.2. The van der Waals surface area contributed by atoms with Gasteiger partial charge in [0.2, 0.25) is 15.0 Å². The number of hydrogen-bond donors (Lipinski definition) is 0. The molecule has 0 spiro atoms. The van der Waals surface area contributed by atoms with Crippen LogP contribution in [0.5, 0.6) is 5.75 Å². The first-order chi connectivity index (χ1) is 11.5. The van der Waals surface area contributed by atoms with Crippen molar-refractivity contribution in [3.05, 3.63) is 60.7 Å². The Bertz CT molecular complexity index is 953. The van der Waals surface area contributed by atoms with Crippen molar-refractivity contribution in [3.8, 4) is 28.3 Å². The topological polar surface area (TPSA) is 69.2 Å². The van der Waals surface area contributed by atoms with E-state index in [9.17, 15) is 8.42 Å². The fourth-order valence-electron chi connectivity index (χ4n) is 2.26. The first-order valence-electron chi connectivity index (χ1n) is 7.26. The molecular weight excluding hydrogens is 324 g/mol. The zero-order valence-electron chi connectivity index (χ0n) is 13.3. The Morgan fingerprint density at radius 2 is 1.38 bits per heavy atom. The summed E-state index contributed by atoms with van der Waals surface area (Å²) >= 11 is 0. The monoisotopic (exact) mass is 340 g/mol. The second-order valence-electron chi connectivity index (χ2n) is 5.29. The van der Waals surface area contributed by atoms with Crippen molar-refractivity contribution < 1.29 is 13.2 Å². The van der Waals surface area contributed by atoms with Crippen molar-refractivity contribution in [2.75, 3.05) is 13.4 Å². The molecule has 0 aliphatic rings. The molecule has 0 saturated carbocycles. The van der Waals surface area contributed by atoms with E-state index in [1.54, 1.807) is 25.3 Å². The zero-order chi connectivity index (χ0) is 17.2. The Hall–Kier alpha value is -2.73. The first kappa shape index (κ1) is 16.1. The fraction of sp³-hybridized carbons (Fsp3) is 0.111. The van der Waals surface area contributed by atoms with E-state index in [1.165, 1.54) is 0 Å². The lowest BCUT2D eigenvalue weighted by molar-refractivity contribution is 0.415. The molecule has 0 radical (unpaired) electrons. The van der Waals surface area contributed by atoms with Crippen LogP contribution in [0.25, 0.3) is 22.5 Å². The van der Waals surface area contributed by atoms with E-state index in [1.807, 2.05) is 42.5 Å². The molecule has 0 unspecified atom stereocenters. The van der Waals surface area contributed by atoms with Crippen LogP contribution in [-0.2, 0) is 9.84 Å². The van der Waals surface area contributed by atoms with Gasteiger partial charge < -0.3 is 4.74 Å². The average Bonchev–Trinajstić information content (AvgIpc) is 2.61. The molecule has 24 heavy (non-hydrogen) atoms. The molecule has 0 saturated heterocycles. The standard InChI is InChI=1S/C18H16N2O3S/c1-23-15-10-8-14(9-11-15)17-12-16(13-6-4-3-5-7-13)19-18(20-17)24(2,21)22/h3-12H,1-2H3. The molecule has 6 heteroatoms. The van der Waals surface area contributed by atoms with Gasteiger partial charge in [0.05, 0.1) is 18.5 Å². The van der Waals surface area contributed by atoms with Crippen LogP contribution in [0.15, 0.2) is 65.8 Å². The van der Waals surface area contributed by atoms with Gasteiger partial charge in [-0.05, 0) is 30.3 Å². The molecular formula is C18H16N2O3S. The zero-order valence-corrected chi connectivity index (χ0v) is 14.1. The third-order valence-corrected chi connectivity index (χ3v) is 4.34. The maximum atomic E-state index is 12.0. The van der Waals surface area contributed by atoms with Crippen molar-refractivity contribution in [2.45, 2.75) is 5.16 Å². The highest BCUT2D eigenvalue weighted by Gasteiger charge is 2.16. The van der Waals surface area contributed by atoms with Crippen molar-refractivity contribution in [1.82, 2.24) is 9.97 Å². The van der Waals surface area contributed by atoms with Crippen LogP contribution in [-0.4, -0.2) is 31.8 Å². The lowest BCUT2D eigenvalue weighted by Crippen LogP contribution is -2.06. The second-order valence-corrected chi connectivity index (χ2v) is 7.20. The van der Waals surface area contributed by atoms with Crippen LogP contribution < -0.4 is 4.74 Å². The van der Waals surface area contributed by atoms with E-state index in [0.29, 0.717) is 11.4 Å². The molecule has 3 aromatic rings. The van der Waals surface area contributed by atoms with Crippen molar-refractivity contribution in [3.63, 3.8) is 0 Å². The molecule has 0 atom stereocenters. The van der Waals surface area contributed by atoms with E-state index in [2.05, 4.69) is 9.97 Å². The minimum atomic E-state index is -3.52. The van der Waals surface area contributed by atoms with Crippen LogP contribution >= 0.6 is 0 Å². The highest BCUT2D eigenvalue weighted by atomic mass is 32.2. The molecule has 1 heterocycles. The molecule has 0 aliphatic heterocycles. The molecule has 0 bridgehead atoms. The summed E-state index contributed by atoms with van der Waals surface area (Å²) in [5, 5.41) is -0.185. The molecule has 5 nitrogen and oxygen atoms in total. The smallest absolute Gasteiger partial charge is 0.247 e. The predicted molar refractivity (Wildman–Crippen MR) is 92.6 cm³/mol. The van der Waals surface area contributed by atoms with Gasteiger partial charge in [-0.2, -0.15) is 0 Å². The van der Waals surface area contributed by atoms with Gasteiger partial charge in [0.1, 0.15) is 5.75 Å². The van der Waals surface area contributed by atoms with Gasteiger partial charge >= 0.3 is 0 Å². The third kappa shape index (κ3) is 3.44. The van der Waals surface area contributed by atoms with Crippen LogP contribution in [0.3, 0.4) is 0 Å². The Kier molecular flexibility index (Phi) is 4.31. The van der Waals surface area contributed by atoms with Gasteiger partial charge in [-0.15, -0.1) is 0 Å². The van der Waals surface area contributed by atoms with Gasteiger partial charge in [0.15, 0.2) is 0 Å². The number of rotatable bonds is 4. The lowest BCUT2D eigenvalue weighted by Gasteiger charge is -2.08. The summed E-state index contributed by atoms with van der Waals surface area (Å²) in [5.74, 6) is 0.722. The van der Waals surface area contributed by atoms with Crippen LogP contribution in [0.2, 0.25) is 0 Å². The number of sulfone groups is 1.